The van der Waals surface area contributed by atoms with Crippen LogP contribution in [0, 0.1) is 0 Å². The van der Waals surface area contributed by atoms with Crippen molar-refractivity contribution in [1.29, 1.82) is 0 Å². The zero-order chi connectivity index (χ0) is 12.2. The Kier molecular flexibility index (Phi) is 17.7. The molecule has 0 aromatic heterocycles. The number of rotatable bonds is 2. The maximum absolute atomic E-state index is 9.53. The minimum atomic E-state index is -5.76. The van der Waals surface area contributed by atoms with Crippen molar-refractivity contribution >= 4 is 0 Å². The summed E-state index contributed by atoms with van der Waals surface area (Å²) < 4.78 is 89.3. The van der Waals surface area contributed by atoms with Gasteiger partial charge in [-0.2, -0.15) is 0 Å². The van der Waals surface area contributed by atoms with E-state index in [0.29, 0.717) is 0 Å². The molecule has 0 saturated heterocycles. The van der Waals surface area contributed by atoms with Crippen LogP contribution in [0.1, 0.15) is 2.85 Å². The van der Waals surface area contributed by atoms with Crippen molar-refractivity contribution in [3.8, 4) is 0 Å². The summed E-state index contributed by atoms with van der Waals surface area (Å²) >= 11 is -16.9. The summed E-state index contributed by atoms with van der Waals surface area (Å²) in [5.41, 5.74) is 0. The SMILES string of the molecule is [H-].[H-].[K+].[Na+].[O]=[Cr](=[O])([OH])[O][Cr](=[O])(=[O])[OH].[O]=[Mn](=[O])(=[O])[OH]. The van der Waals surface area contributed by atoms with Gasteiger partial charge >= 0.3 is 163 Å². The Morgan fingerprint density at radius 3 is 1.06 bits per heavy atom. The Labute approximate surface area is 163 Å². The molecule has 0 aromatic carbocycles. The van der Waals surface area contributed by atoms with Crippen molar-refractivity contribution in [1.82, 2.24) is 0 Å². The molecule has 0 aliphatic heterocycles. The van der Waals surface area contributed by atoms with Gasteiger partial charge in [-0.3, -0.25) is 0 Å². The molecule has 0 bridgehead atoms. The molecule has 0 aliphatic rings. The van der Waals surface area contributed by atoms with E-state index in [-0.39, 0.29) is 83.8 Å². The molecule has 11 nitrogen and oxygen atoms in total. The van der Waals surface area contributed by atoms with E-state index in [1.807, 2.05) is 0 Å². The summed E-state index contributed by atoms with van der Waals surface area (Å²) in [5, 5.41) is 0. The minimum absolute atomic E-state index is 0. The summed E-state index contributed by atoms with van der Waals surface area (Å²) in [6, 6.07) is 0. The molecule has 16 heavy (non-hydrogen) atoms. The van der Waals surface area contributed by atoms with Crippen molar-refractivity contribution < 1.29 is 166 Å². The third-order valence-electron chi connectivity index (χ3n) is 0.172. The quantitative estimate of drug-likeness (QED) is 0.372. The molecule has 0 radical (unpaired) electrons. The third kappa shape index (κ3) is 54.5. The molecule has 0 aromatic rings. The van der Waals surface area contributed by atoms with Gasteiger partial charge in [0.25, 0.3) is 0 Å². The van der Waals surface area contributed by atoms with Gasteiger partial charge < -0.3 is 2.85 Å². The van der Waals surface area contributed by atoms with Gasteiger partial charge in [0.15, 0.2) is 0 Å². The van der Waals surface area contributed by atoms with E-state index in [4.69, 9.17) is 24.0 Å². The third-order valence-corrected chi connectivity index (χ3v) is 2.92. The van der Waals surface area contributed by atoms with E-state index in [0.717, 1.165) is 0 Å². The fourth-order valence-electron chi connectivity index (χ4n) is 0.109. The average molecular weight is 402 g/mol. The first-order chi connectivity index (χ1) is 5.71. The van der Waals surface area contributed by atoms with Crippen LogP contribution in [0.15, 0.2) is 0 Å². The van der Waals surface area contributed by atoms with Crippen LogP contribution in [0.4, 0.5) is 0 Å². The Balaban J connectivity index is -0.0000000359. The second-order valence-corrected chi connectivity index (χ2v) is 6.32. The van der Waals surface area contributed by atoms with Crippen LogP contribution in [-0.2, 0) is 69.8 Å². The molecule has 0 atom stereocenters. The van der Waals surface area contributed by atoms with Crippen LogP contribution >= 0.6 is 0 Å². The van der Waals surface area contributed by atoms with E-state index in [1.165, 1.54) is 0 Å². The van der Waals surface area contributed by atoms with Crippen LogP contribution in [0.5, 0.6) is 0 Å². The van der Waals surface area contributed by atoms with Crippen molar-refractivity contribution in [3.05, 3.63) is 0 Å². The van der Waals surface area contributed by atoms with E-state index < -0.39 is 40.2 Å². The Morgan fingerprint density at radius 1 is 0.938 bits per heavy atom. The second kappa shape index (κ2) is 10.4. The summed E-state index contributed by atoms with van der Waals surface area (Å²) in [4.78, 5) is 0. The van der Waals surface area contributed by atoms with E-state index in [1.54, 1.807) is 0 Å². The molecule has 0 heterocycles. The Hall–Kier alpha value is 2.66. The van der Waals surface area contributed by atoms with Crippen LogP contribution in [0.2, 0.25) is 0 Å². The normalized spacial score (nSPS) is 11.2. The van der Waals surface area contributed by atoms with Gasteiger partial charge in [-0.15, -0.1) is 0 Å². The van der Waals surface area contributed by atoms with Crippen molar-refractivity contribution in [2.45, 2.75) is 0 Å². The second-order valence-electron chi connectivity index (χ2n) is 1.32. The topological polar surface area (TPSA) is 189 Å². The number of hydrogen-bond acceptors (Lipinski definition) is 8. The summed E-state index contributed by atoms with van der Waals surface area (Å²) in [6.45, 7) is 0. The van der Waals surface area contributed by atoms with Crippen molar-refractivity contribution in [2.75, 3.05) is 0 Å². The molecular formula is H5Cr2KMnNaO11. The maximum atomic E-state index is 9.53. The number of hydrogen-bond donors (Lipinski definition) is 3. The molecule has 92 valence electrons. The fraction of sp³-hybridized carbons (Fsp3) is 0. The predicted molar refractivity (Wildman–Crippen MR) is 14.8 cm³/mol. The van der Waals surface area contributed by atoms with Crippen LogP contribution in [0.25, 0.3) is 0 Å². The molecule has 0 saturated carbocycles. The Morgan fingerprint density at radius 2 is 1.06 bits per heavy atom. The molecule has 0 amide bonds. The summed E-state index contributed by atoms with van der Waals surface area (Å²) in [7, 11) is 0. The molecule has 0 aliphatic carbocycles. The fourth-order valence-corrected chi connectivity index (χ4v) is 1.85. The van der Waals surface area contributed by atoms with Crippen LogP contribution in [0.3, 0.4) is 0 Å². The van der Waals surface area contributed by atoms with E-state index in [9.17, 15) is 15.2 Å². The molecule has 0 unspecified atom stereocenters. The van der Waals surface area contributed by atoms with E-state index >= 15 is 0 Å². The van der Waals surface area contributed by atoms with Crippen LogP contribution in [-0.4, -0.2) is 12.5 Å². The van der Waals surface area contributed by atoms with Gasteiger partial charge in [0.05, 0.1) is 0 Å². The molecule has 16 heteroatoms. The van der Waals surface area contributed by atoms with Crippen molar-refractivity contribution in [2.24, 2.45) is 0 Å². The monoisotopic (exact) mass is 402 g/mol. The first-order valence-corrected chi connectivity index (χ1v) is 8.23. The molecule has 0 rings (SSSR count). The summed E-state index contributed by atoms with van der Waals surface area (Å²) in [6.07, 6.45) is 0. The Bertz CT molecular complexity index is 481. The zero-order valence-electron chi connectivity index (χ0n) is 9.80. The van der Waals surface area contributed by atoms with Gasteiger partial charge in [0.2, 0.25) is 0 Å². The average Bonchev–Trinajstić information content (AvgIpc) is 1.42. The van der Waals surface area contributed by atoms with Gasteiger partial charge in [-0.1, -0.05) is 0 Å². The first-order valence-electron chi connectivity index (χ1n) is 2.00. The molecule has 0 spiro atoms. The van der Waals surface area contributed by atoms with Gasteiger partial charge in [-0.05, 0) is 0 Å². The standard InChI is InChI=1S/2Cr.K.Mn.Na.3H2O.8O.2H/h;;;;;3*1H2;;;;;;;;;;/q5*+1;;;;;;;;;;;;2*-1/p-3. The molecular weight excluding hydrogens is 397 g/mol. The zero-order valence-corrected chi connectivity index (χ0v) is 16.7. The molecule has 0 fully saturated rings. The van der Waals surface area contributed by atoms with Crippen LogP contribution < -0.4 is 80.9 Å². The van der Waals surface area contributed by atoms with E-state index in [2.05, 4.69) is 2.84 Å². The van der Waals surface area contributed by atoms with Gasteiger partial charge in [0, 0.05) is 0 Å². The van der Waals surface area contributed by atoms with Gasteiger partial charge in [-0.25, -0.2) is 0 Å². The first kappa shape index (κ1) is 27.1. The predicted octanol–water partition coefficient (Wildman–Crippen LogP) is -8.35. The van der Waals surface area contributed by atoms with Gasteiger partial charge in [0.1, 0.15) is 0 Å². The van der Waals surface area contributed by atoms with Crippen molar-refractivity contribution in [3.63, 3.8) is 0 Å². The molecule has 3 N–H and O–H groups in total. The summed E-state index contributed by atoms with van der Waals surface area (Å²) in [5.74, 6) is 0.